The number of aliphatic imine (C=N–C) groups is 1. The summed E-state index contributed by atoms with van der Waals surface area (Å²) in [7, 11) is 0. The van der Waals surface area contributed by atoms with Crippen LogP contribution >= 0.6 is 11.8 Å². The number of carbonyl (C=O) groups excluding carboxylic acids is 2. The largest absolute Gasteiger partial charge is 0.342 e. The number of thioether (sulfide) groups is 1. The monoisotopic (exact) mass is 433 g/mol. The number of hydrogen-bond donors (Lipinski definition) is 1. The number of nitrogens with one attached hydrogen (secondary N) is 1. The maximum absolute atomic E-state index is 12.8. The Hall–Kier alpha value is -1.04. The molecule has 2 amide bonds. The first-order valence-electron chi connectivity index (χ1n) is 12.2. The topological polar surface area (TPSA) is 61.8 Å². The van der Waals surface area contributed by atoms with Gasteiger partial charge < -0.3 is 10.2 Å². The van der Waals surface area contributed by atoms with Crippen LogP contribution in [0.4, 0.5) is 0 Å². The van der Waals surface area contributed by atoms with E-state index in [1.54, 1.807) is 11.8 Å². The Balaban J connectivity index is 1.30. The van der Waals surface area contributed by atoms with Gasteiger partial charge in [0.2, 0.25) is 11.8 Å². The molecule has 2 saturated heterocycles. The molecule has 0 aromatic carbocycles. The molecule has 6 heteroatoms. The van der Waals surface area contributed by atoms with Gasteiger partial charge in [-0.15, -0.1) is 0 Å². The van der Waals surface area contributed by atoms with Crippen LogP contribution in [0.1, 0.15) is 85.0 Å². The molecule has 4 fully saturated rings. The Morgan fingerprint density at radius 1 is 1.17 bits per heavy atom. The van der Waals surface area contributed by atoms with E-state index < -0.39 is 4.75 Å². The summed E-state index contributed by atoms with van der Waals surface area (Å²) in [5.74, 6) is 2.67. The van der Waals surface area contributed by atoms with Gasteiger partial charge in [-0.2, -0.15) is 0 Å². The molecule has 2 heterocycles. The molecular weight excluding hydrogens is 394 g/mol. The lowest BCUT2D eigenvalue weighted by molar-refractivity contribution is -0.137. The van der Waals surface area contributed by atoms with E-state index in [1.165, 1.54) is 25.7 Å². The van der Waals surface area contributed by atoms with E-state index in [0.717, 1.165) is 62.7 Å². The predicted molar refractivity (Wildman–Crippen MR) is 123 cm³/mol. The van der Waals surface area contributed by atoms with Gasteiger partial charge in [0, 0.05) is 19.0 Å². The summed E-state index contributed by atoms with van der Waals surface area (Å²) in [5, 5.41) is 3.93. The average molecular weight is 434 g/mol. The van der Waals surface area contributed by atoms with E-state index in [4.69, 9.17) is 4.99 Å². The summed E-state index contributed by atoms with van der Waals surface area (Å²) in [5.41, 5.74) is 0. The van der Waals surface area contributed by atoms with Crippen LogP contribution in [0.5, 0.6) is 0 Å². The number of amidine groups is 1. The Kier molecular flexibility index (Phi) is 6.81. The second-order valence-corrected chi connectivity index (χ2v) is 12.0. The Labute approximate surface area is 186 Å². The van der Waals surface area contributed by atoms with E-state index in [-0.39, 0.29) is 11.8 Å². The highest BCUT2D eigenvalue weighted by atomic mass is 32.2. The summed E-state index contributed by atoms with van der Waals surface area (Å²) in [6.45, 7) is 8.37. The lowest BCUT2D eigenvalue weighted by Crippen LogP contribution is -2.43. The molecular formula is C24H39N3O2S. The van der Waals surface area contributed by atoms with Gasteiger partial charge in [0.25, 0.3) is 0 Å². The summed E-state index contributed by atoms with van der Waals surface area (Å²) in [6.07, 6.45) is 11.1. The van der Waals surface area contributed by atoms with Crippen LogP contribution in [0.3, 0.4) is 0 Å². The molecule has 4 rings (SSSR count). The molecule has 0 radical (unpaired) electrons. The molecule has 2 saturated carbocycles. The van der Waals surface area contributed by atoms with Crippen molar-refractivity contribution in [1.29, 1.82) is 0 Å². The summed E-state index contributed by atoms with van der Waals surface area (Å²) in [6, 6.07) is 0.352. The second-order valence-electron chi connectivity index (χ2n) is 10.5. The van der Waals surface area contributed by atoms with Crippen LogP contribution in [0.25, 0.3) is 0 Å². The third-order valence-corrected chi connectivity index (χ3v) is 9.33. The van der Waals surface area contributed by atoms with Crippen LogP contribution in [-0.4, -0.2) is 45.8 Å². The first-order valence-corrected chi connectivity index (χ1v) is 13.1. The fraction of sp³-hybridized carbons (Fsp3) is 0.875. The van der Waals surface area contributed by atoms with Crippen molar-refractivity contribution in [1.82, 2.24) is 10.2 Å². The van der Waals surface area contributed by atoms with E-state index in [0.29, 0.717) is 23.8 Å². The van der Waals surface area contributed by atoms with Gasteiger partial charge >= 0.3 is 0 Å². The van der Waals surface area contributed by atoms with Crippen molar-refractivity contribution in [2.45, 2.75) is 95.8 Å². The fourth-order valence-corrected chi connectivity index (χ4v) is 7.28. The molecule has 5 nitrogen and oxygen atoms in total. The highest BCUT2D eigenvalue weighted by Gasteiger charge is 2.45. The van der Waals surface area contributed by atoms with Gasteiger partial charge in [-0.3, -0.25) is 14.6 Å². The lowest BCUT2D eigenvalue weighted by Gasteiger charge is -2.35. The number of likely N-dealkylation sites (tertiary alicyclic amines) is 1. The third kappa shape index (κ3) is 4.73. The fourth-order valence-electron chi connectivity index (χ4n) is 6.06. The molecule has 1 N–H and O–H groups in total. The third-order valence-electron chi connectivity index (χ3n) is 8.13. The van der Waals surface area contributed by atoms with Crippen molar-refractivity contribution >= 4 is 28.7 Å². The standard InChI is InChI=1S/C24H39N3O2S/c1-4-17-13-16(2)20(14-17)25-23-26-22(29)24(3,30-23)15-18-9-11-27(12-10-18)21(28)19-7-5-6-8-19/h16-20H,4-15H2,1-3H3,(H,25,26,29). The number of carbonyl (C=O) groups is 2. The van der Waals surface area contributed by atoms with Crippen molar-refractivity contribution < 1.29 is 9.59 Å². The van der Waals surface area contributed by atoms with Crippen molar-refractivity contribution in [2.24, 2.45) is 28.7 Å². The van der Waals surface area contributed by atoms with E-state index >= 15 is 0 Å². The SMILES string of the molecule is CCC1CC(C)C(N=C2NC(=O)C(C)(CC3CCN(C(=O)C4CCCC4)CC3)S2)C1. The van der Waals surface area contributed by atoms with Crippen LogP contribution in [-0.2, 0) is 9.59 Å². The molecule has 4 unspecified atom stereocenters. The molecule has 0 bridgehead atoms. The highest BCUT2D eigenvalue weighted by Crippen LogP contribution is 2.42. The van der Waals surface area contributed by atoms with E-state index in [9.17, 15) is 9.59 Å². The first kappa shape index (κ1) is 22.2. The van der Waals surface area contributed by atoms with Crippen LogP contribution in [0, 0.1) is 23.7 Å². The molecule has 0 aromatic heterocycles. The lowest BCUT2D eigenvalue weighted by atomic mass is 9.86. The van der Waals surface area contributed by atoms with Gasteiger partial charge in [0.05, 0.1) is 10.8 Å². The van der Waals surface area contributed by atoms with Crippen molar-refractivity contribution in [3.63, 3.8) is 0 Å². The molecule has 0 spiro atoms. The Morgan fingerprint density at radius 2 is 1.87 bits per heavy atom. The van der Waals surface area contributed by atoms with Gasteiger partial charge in [-0.05, 0) is 69.6 Å². The zero-order chi connectivity index (χ0) is 21.3. The molecule has 4 aliphatic rings. The smallest absolute Gasteiger partial charge is 0.242 e. The van der Waals surface area contributed by atoms with Crippen LogP contribution in [0.2, 0.25) is 0 Å². The number of rotatable bonds is 5. The quantitative estimate of drug-likeness (QED) is 0.689. The number of piperidine rings is 1. The molecule has 30 heavy (non-hydrogen) atoms. The minimum atomic E-state index is -0.423. The summed E-state index contributed by atoms with van der Waals surface area (Å²) >= 11 is 1.65. The molecule has 2 aliphatic carbocycles. The molecule has 168 valence electrons. The Morgan fingerprint density at radius 3 is 2.50 bits per heavy atom. The van der Waals surface area contributed by atoms with Gasteiger partial charge in [-0.1, -0.05) is 44.9 Å². The van der Waals surface area contributed by atoms with Crippen LogP contribution < -0.4 is 5.32 Å². The minimum absolute atomic E-state index is 0.119. The number of hydrogen-bond acceptors (Lipinski definition) is 4. The average Bonchev–Trinajstić information content (AvgIpc) is 3.43. The van der Waals surface area contributed by atoms with E-state index in [2.05, 4.69) is 31.0 Å². The zero-order valence-electron chi connectivity index (χ0n) is 19.0. The summed E-state index contributed by atoms with van der Waals surface area (Å²) < 4.78 is -0.423. The molecule has 2 aliphatic heterocycles. The van der Waals surface area contributed by atoms with E-state index in [1.807, 2.05) is 0 Å². The normalized spacial score (nSPS) is 37.3. The second kappa shape index (κ2) is 9.22. The zero-order valence-corrected chi connectivity index (χ0v) is 19.8. The van der Waals surface area contributed by atoms with Crippen molar-refractivity contribution in [3.05, 3.63) is 0 Å². The van der Waals surface area contributed by atoms with Crippen LogP contribution in [0.15, 0.2) is 4.99 Å². The molecule has 4 atom stereocenters. The Bertz CT molecular complexity index is 682. The number of nitrogens with zero attached hydrogens (tertiary/aromatic N) is 2. The van der Waals surface area contributed by atoms with Crippen molar-refractivity contribution in [2.75, 3.05) is 13.1 Å². The molecule has 0 aromatic rings. The minimum Gasteiger partial charge on any atom is -0.342 e. The van der Waals surface area contributed by atoms with Gasteiger partial charge in [-0.25, -0.2) is 0 Å². The van der Waals surface area contributed by atoms with Gasteiger partial charge in [0.1, 0.15) is 0 Å². The van der Waals surface area contributed by atoms with Gasteiger partial charge in [0.15, 0.2) is 5.17 Å². The van der Waals surface area contributed by atoms with Crippen molar-refractivity contribution in [3.8, 4) is 0 Å². The first-order chi connectivity index (χ1) is 14.4. The maximum Gasteiger partial charge on any atom is 0.242 e. The summed E-state index contributed by atoms with van der Waals surface area (Å²) in [4.78, 5) is 32.6. The maximum atomic E-state index is 12.8. The predicted octanol–water partition coefficient (Wildman–Crippen LogP) is 4.61. The highest BCUT2D eigenvalue weighted by molar-refractivity contribution is 8.16. The number of amides is 2.